The van der Waals surface area contributed by atoms with Crippen molar-refractivity contribution in [2.45, 2.75) is 39.0 Å². The monoisotopic (exact) mass is 342 g/mol. The summed E-state index contributed by atoms with van der Waals surface area (Å²) in [7, 11) is 0. The van der Waals surface area contributed by atoms with Crippen LogP contribution in [0.5, 0.6) is 0 Å². The topological polar surface area (TPSA) is 71.3 Å². The van der Waals surface area contributed by atoms with Gasteiger partial charge in [-0.25, -0.2) is 0 Å². The Hall–Kier alpha value is -2.21. The minimum absolute atomic E-state index is 0.0378. The minimum atomic E-state index is -0.0378. The molecule has 25 heavy (non-hydrogen) atoms. The van der Waals surface area contributed by atoms with Gasteiger partial charge in [0.1, 0.15) is 0 Å². The second kappa shape index (κ2) is 8.76. The summed E-state index contributed by atoms with van der Waals surface area (Å²) in [5, 5.41) is 6.78. The number of benzene rings is 1. The van der Waals surface area contributed by atoms with Crippen molar-refractivity contribution in [3.05, 3.63) is 35.7 Å². The summed E-state index contributed by atoms with van der Waals surface area (Å²) in [4.78, 5) is 18.9. The average molecular weight is 342 g/mol. The van der Waals surface area contributed by atoms with Crippen LogP contribution in [0.2, 0.25) is 0 Å². The fraction of sp³-hybridized carbons (Fsp3) is 0.526. The molecule has 1 saturated heterocycles. The van der Waals surface area contributed by atoms with Gasteiger partial charge < -0.3 is 14.7 Å². The molecule has 2 heterocycles. The first-order chi connectivity index (χ1) is 12.2. The quantitative estimate of drug-likeness (QED) is 0.817. The third kappa shape index (κ3) is 5.13. The molecule has 0 radical (unpaired) electrons. The zero-order chi connectivity index (χ0) is 17.5. The molecule has 1 aliphatic heterocycles. The molecule has 6 heteroatoms. The SMILES string of the molecule is Cc1noc(-c2ccc(C(=O)NCCCN3CCCCCC3)cc2)n1. The van der Waals surface area contributed by atoms with Gasteiger partial charge in [-0.2, -0.15) is 4.98 Å². The van der Waals surface area contributed by atoms with E-state index in [1.54, 1.807) is 19.1 Å². The molecule has 2 aromatic rings. The van der Waals surface area contributed by atoms with Crippen LogP contribution in [-0.4, -0.2) is 47.1 Å². The van der Waals surface area contributed by atoms with Crippen molar-refractivity contribution < 1.29 is 9.32 Å². The molecular formula is C19H26N4O2. The highest BCUT2D eigenvalue weighted by atomic mass is 16.5. The molecule has 0 saturated carbocycles. The summed E-state index contributed by atoms with van der Waals surface area (Å²) in [6.45, 7) is 5.95. The van der Waals surface area contributed by atoms with Gasteiger partial charge in [-0.05, 0) is 70.1 Å². The Balaban J connectivity index is 1.43. The first-order valence-corrected chi connectivity index (χ1v) is 9.14. The van der Waals surface area contributed by atoms with Gasteiger partial charge in [0.25, 0.3) is 11.8 Å². The molecule has 0 bridgehead atoms. The lowest BCUT2D eigenvalue weighted by atomic mass is 10.1. The van der Waals surface area contributed by atoms with E-state index in [9.17, 15) is 4.79 Å². The summed E-state index contributed by atoms with van der Waals surface area (Å²) < 4.78 is 5.13. The minimum Gasteiger partial charge on any atom is -0.352 e. The molecule has 0 atom stereocenters. The summed E-state index contributed by atoms with van der Waals surface area (Å²) in [5.74, 6) is 1.03. The maximum Gasteiger partial charge on any atom is 0.257 e. The molecular weight excluding hydrogens is 316 g/mol. The van der Waals surface area contributed by atoms with Crippen molar-refractivity contribution >= 4 is 5.91 Å². The fourth-order valence-electron chi connectivity index (χ4n) is 3.14. The average Bonchev–Trinajstić information content (AvgIpc) is 2.90. The van der Waals surface area contributed by atoms with E-state index < -0.39 is 0 Å². The number of hydrogen-bond acceptors (Lipinski definition) is 5. The van der Waals surface area contributed by atoms with E-state index in [4.69, 9.17) is 4.52 Å². The van der Waals surface area contributed by atoms with Crippen molar-refractivity contribution in [1.82, 2.24) is 20.4 Å². The molecule has 0 aliphatic carbocycles. The van der Waals surface area contributed by atoms with Crippen molar-refractivity contribution in [2.75, 3.05) is 26.2 Å². The largest absolute Gasteiger partial charge is 0.352 e. The molecule has 1 aromatic heterocycles. The van der Waals surface area contributed by atoms with Crippen LogP contribution in [0.15, 0.2) is 28.8 Å². The Morgan fingerprint density at radius 2 is 1.88 bits per heavy atom. The first-order valence-electron chi connectivity index (χ1n) is 9.14. The zero-order valence-corrected chi connectivity index (χ0v) is 14.8. The Kier molecular flexibility index (Phi) is 6.17. The van der Waals surface area contributed by atoms with E-state index in [-0.39, 0.29) is 5.91 Å². The number of amides is 1. The molecule has 3 rings (SSSR count). The van der Waals surface area contributed by atoms with E-state index >= 15 is 0 Å². The maximum absolute atomic E-state index is 12.2. The van der Waals surface area contributed by atoms with E-state index in [0.717, 1.165) is 18.5 Å². The maximum atomic E-state index is 12.2. The van der Waals surface area contributed by atoms with Crippen LogP contribution in [0.4, 0.5) is 0 Å². The first kappa shape index (κ1) is 17.6. The number of carbonyl (C=O) groups excluding carboxylic acids is 1. The van der Waals surface area contributed by atoms with Crippen LogP contribution in [0.25, 0.3) is 11.5 Å². The van der Waals surface area contributed by atoms with E-state index in [2.05, 4.69) is 20.4 Å². The number of hydrogen-bond donors (Lipinski definition) is 1. The van der Waals surface area contributed by atoms with Gasteiger partial charge in [0.15, 0.2) is 5.82 Å². The lowest BCUT2D eigenvalue weighted by molar-refractivity contribution is 0.0951. The van der Waals surface area contributed by atoms with E-state index in [1.807, 2.05) is 12.1 Å². The van der Waals surface area contributed by atoms with Gasteiger partial charge in [0, 0.05) is 17.7 Å². The number of aromatic nitrogens is 2. The number of likely N-dealkylation sites (tertiary alicyclic amines) is 1. The standard InChI is InChI=1S/C19H26N4O2/c1-15-21-19(25-22-15)17-9-7-16(8-10-17)18(24)20-11-6-14-23-12-4-2-3-5-13-23/h7-10H,2-6,11-14H2,1H3,(H,20,24). The highest BCUT2D eigenvalue weighted by Crippen LogP contribution is 2.17. The fourth-order valence-corrected chi connectivity index (χ4v) is 3.14. The predicted octanol–water partition coefficient (Wildman–Crippen LogP) is 3.04. The van der Waals surface area contributed by atoms with Gasteiger partial charge >= 0.3 is 0 Å². The van der Waals surface area contributed by atoms with Crippen molar-refractivity contribution in [1.29, 1.82) is 0 Å². The number of nitrogens with one attached hydrogen (secondary N) is 1. The number of carbonyl (C=O) groups is 1. The highest BCUT2D eigenvalue weighted by Gasteiger charge is 2.10. The molecule has 1 amide bonds. The van der Waals surface area contributed by atoms with Crippen LogP contribution in [0, 0.1) is 6.92 Å². The second-order valence-corrected chi connectivity index (χ2v) is 6.59. The number of nitrogens with zero attached hydrogens (tertiary/aromatic N) is 3. The molecule has 1 aliphatic rings. The second-order valence-electron chi connectivity index (χ2n) is 6.59. The van der Waals surface area contributed by atoms with Crippen LogP contribution < -0.4 is 5.32 Å². The summed E-state index contributed by atoms with van der Waals surface area (Å²) in [6.07, 6.45) is 6.31. The van der Waals surface area contributed by atoms with Crippen LogP contribution in [0.1, 0.15) is 48.3 Å². The molecule has 134 valence electrons. The molecule has 1 aromatic carbocycles. The zero-order valence-electron chi connectivity index (χ0n) is 14.8. The third-order valence-corrected chi connectivity index (χ3v) is 4.56. The van der Waals surface area contributed by atoms with Crippen molar-refractivity contribution in [3.63, 3.8) is 0 Å². The Bertz CT molecular complexity index is 673. The number of rotatable bonds is 6. The Labute approximate surface area is 148 Å². The lowest BCUT2D eigenvalue weighted by Crippen LogP contribution is -2.30. The lowest BCUT2D eigenvalue weighted by Gasteiger charge is -2.19. The van der Waals surface area contributed by atoms with E-state index in [0.29, 0.717) is 23.8 Å². The van der Waals surface area contributed by atoms with Crippen LogP contribution in [-0.2, 0) is 0 Å². The van der Waals surface area contributed by atoms with Crippen molar-refractivity contribution in [2.24, 2.45) is 0 Å². The van der Waals surface area contributed by atoms with E-state index in [1.165, 1.54) is 38.8 Å². The smallest absolute Gasteiger partial charge is 0.257 e. The number of aryl methyl sites for hydroxylation is 1. The Morgan fingerprint density at radius 1 is 1.16 bits per heavy atom. The summed E-state index contributed by atoms with van der Waals surface area (Å²) in [5.41, 5.74) is 1.47. The summed E-state index contributed by atoms with van der Waals surface area (Å²) in [6, 6.07) is 7.25. The van der Waals surface area contributed by atoms with Crippen molar-refractivity contribution in [3.8, 4) is 11.5 Å². The van der Waals surface area contributed by atoms with Crippen LogP contribution >= 0.6 is 0 Å². The van der Waals surface area contributed by atoms with Crippen LogP contribution in [0.3, 0.4) is 0 Å². The van der Waals surface area contributed by atoms with Gasteiger partial charge in [-0.15, -0.1) is 0 Å². The normalized spacial score (nSPS) is 15.7. The molecule has 6 nitrogen and oxygen atoms in total. The third-order valence-electron chi connectivity index (χ3n) is 4.56. The molecule has 1 N–H and O–H groups in total. The summed E-state index contributed by atoms with van der Waals surface area (Å²) >= 11 is 0. The molecule has 1 fully saturated rings. The Morgan fingerprint density at radius 3 is 2.52 bits per heavy atom. The van der Waals surface area contributed by atoms with Gasteiger partial charge in [-0.1, -0.05) is 18.0 Å². The molecule has 0 unspecified atom stereocenters. The molecule has 0 spiro atoms. The van der Waals surface area contributed by atoms with Gasteiger partial charge in [0.2, 0.25) is 0 Å². The predicted molar refractivity (Wildman–Crippen MR) is 96.3 cm³/mol. The highest BCUT2D eigenvalue weighted by molar-refractivity contribution is 5.94. The van der Waals surface area contributed by atoms with Gasteiger partial charge in [-0.3, -0.25) is 4.79 Å². The van der Waals surface area contributed by atoms with Gasteiger partial charge in [0.05, 0.1) is 0 Å².